The molecule has 1 aliphatic heterocycles. The van der Waals surface area contributed by atoms with Crippen LogP contribution < -0.4 is 11.1 Å². The molecule has 0 aromatic heterocycles. The van der Waals surface area contributed by atoms with Gasteiger partial charge >= 0.3 is 0 Å². The van der Waals surface area contributed by atoms with Gasteiger partial charge in [0.15, 0.2) is 0 Å². The van der Waals surface area contributed by atoms with Crippen LogP contribution in [-0.4, -0.2) is 13.1 Å². The fraction of sp³-hybridized carbons (Fsp3) is 0.294. The van der Waals surface area contributed by atoms with Crippen molar-refractivity contribution in [3.63, 3.8) is 0 Å². The van der Waals surface area contributed by atoms with Gasteiger partial charge in [0.1, 0.15) is 0 Å². The molecule has 1 atom stereocenters. The molecule has 2 heteroatoms. The zero-order valence-corrected chi connectivity index (χ0v) is 11.1. The highest BCUT2D eigenvalue weighted by molar-refractivity contribution is 5.47. The summed E-state index contributed by atoms with van der Waals surface area (Å²) in [5.74, 6) is 0.542. The molecular weight excluding hydrogens is 232 g/mol. The van der Waals surface area contributed by atoms with Gasteiger partial charge < -0.3 is 11.1 Å². The number of nitrogen functional groups attached to an aromatic ring is 1. The molecule has 0 saturated heterocycles. The van der Waals surface area contributed by atoms with E-state index in [-0.39, 0.29) is 0 Å². The van der Waals surface area contributed by atoms with Gasteiger partial charge in [0, 0.05) is 18.2 Å². The zero-order chi connectivity index (χ0) is 13.1. The molecule has 1 aliphatic rings. The van der Waals surface area contributed by atoms with Crippen molar-refractivity contribution in [1.29, 1.82) is 0 Å². The molecule has 0 saturated carbocycles. The van der Waals surface area contributed by atoms with E-state index in [1.54, 1.807) is 0 Å². The highest BCUT2D eigenvalue weighted by atomic mass is 14.9. The molecule has 1 unspecified atom stereocenters. The molecule has 3 rings (SSSR count). The monoisotopic (exact) mass is 252 g/mol. The van der Waals surface area contributed by atoms with Crippen molar-refractivity contribution < 1.29 is 0 Å². The fourth-order valence-corrected chi connectivity index (χ4v) is 2.93. The van der Waals surface area contributed by atoms with Crippen LogP contribution in [0.25, 0.3) is 0 Å². The smallest absolute Gasteiger partial charge is 0.0316 e. The summed E-state index contributed by atoms with van der Waals surface area (Å²) >= 11 is 0. The van der Waals surface area contributed by atoms with Crippen molar-refractivity contribution in [3.05, 3.63) is 65.2 Å². The van der Waals surface area contributed by atoms with Gasteiger partial charge in [0.05, 0.1) is 0 Å². The first-order chi connectivity index (χ1) is 9.33. The summed E-state index contributed by atoms with van der Waals surface area (Å²) < 4.78 is 0. The van der Waals surface area contributed by atoms with Gasteiger partial charge in [0.2, 0.25) is 0 Å². The van der Waals surface area contributed by atoms with Gasteiger partial charge in [-0.05, 0) is 48.2 Å². The first-order valence-corrected chi connectivity index (χ1v) is 6.96. The van der Waals surface area contributed by atoms with E-state index in [0.717, 1.165) is 31.6 Å². The third-order valence-electron chi connectivity index (χ3n) is 3.89. The minimum absolute atomic E-state index is 0.542. The predicted octanol–water partition coefficient (Wildman–Crippen LogP) is 2.74. The molecule has 2 aromatic rings. The fourth-order valence-electron chi connectivity index (χ4n) is 2.93. The van der Waals surface area contributed by atoms with Crippen molar-refractivity contribution in [2.75, 3.05) is 18.8 Å². The number of anilines is 1. The lowest BCUT2D eigenvalue weighted by Crippen LogP contribution is -2.21. The van der Waals surface area contributed by atoms with Crippen LogP contribution in [0.4, 0.5) is 5.69 Å². The number of hydrogen-bond donors (Lipinski definition) is 2. The maximum absolute atomic E-state index is 5.91. The Labute approximate surface area is 114 Å². The Morgan fingerprint density at radius 1 is 1.11 bits per heavy atom. The van der Waals surface area contributed by atoms with Gasteiger partial charge in [-0.25, -0.2) is 0 Å². The van der Waals surface area contributed by atoms with Gasteiger partial charge in [0.25, 0.3) is 0 Å². The molecule has 3 N–H and O–H groups in total. The van der Waals surface area contributed by atoms with Crippen LogP contribution in [0.5, 0.6) is 0 Å². The van der Waals surface area contributed by atoms with Crippen molar-refractivity contribution in [1.82, 2.24) is 5.32 Å². The second-order valence-electron chi connectivity index (χ2n) is 5.30. The number of hydrogen-bond acceptors (Lipinski definition) is 2. The first-order valence-electron chi connectivity index (χ1n) is 6.96. The third kappa shape index (κ3) is 2.79. The van der Waals surface area contributed by atoms with Gasteiger partial charge in [-0.15, -0.1) is 0 Å². The number of nitrogens with two attached hydrogens (primary N) is 1. The van der Waals surface area contributed by atoms with E-state index in [4.69, 9.17) is 5.73 Å². The van der Waals surface area contributed by atoms with E-state index < -0.39 is 0 Å². The Morgan fingerprint density at radius 3 is 2.79 bits per heavy atom. The molecule has 98 valence electrons. The molecule has 0 radical (unpaired) electrons. The second kappa shape index (κ2) is 5.45. The average molecular weight is 252 g/mol. The van der Waals surface area contributed by atoms with Crippen LogP contribution in [-0.2, 0) is 12.8 Å². The summed E-state index contributed by atoms with van der Waals surface area (Å²) in [6, 6.07) is 17.1. The number of fused-ring (bicyclic) bond motifs is 1. The quantitative estimate of drug-likeness (QED) is 0.807. The SMILES string of the molecule is Nc1ccc2c(c1)CCNCC2Cc1ccccc1. The standard InChI is InChI=1S/C17H20N2/c18-16-6-7-17-14(11-16)8-9-19-12-15(17)10-13-4-2-1-3-5-13/h1-7,11,15,19H,8-10,12,18H2. The Hall–Kier alpha value is -1.80. The molecule has 0 amide bonds. The van der Waals surface area contributed by atoms with E-state index in [2.05, 4.69) is 47.8 Å². The number of rotatable bonds is 2. The number of nitrogens with one attached hydrogen (secondary N) is 1. The van der Waals surface area contributed by atoms with E-state index in [0.29, 0.717) is 5.92 Å². The minimum Gasteiger partial charge on any atom is -0.399 e. The van der Waals surface area contributed by atoms with Crippen LogP contribution in [0.2, 0.25) is 0 Å². The molecule has 0 fully saturated rings. The molecule has 2 nitrogen and oxygen atoms in total. The van der Waals surface area contributed by atoms with Crippen LogP contribution in [0.3, 0.4) is 0 Å². The van der Waals surface area contributed by atoms with E-state index in [9.17, 15) is 0 Å². The largest absolute Gasteiger partial charge is 0.399 e. The summed E-state index contributed by atoms with van der Waals surface area (Å²) in [4.78, 5) is 0. The van der Waals surface area contributed by atoms with E-state index in [1.165, 1.54) is 16.7 Å². The maximum Gasteiger partial charge on any atom is 0.0316 e. The summed E-state index contributed by atoms with van der Waals surface area (Å²) in [5, 5.41) is 3.54. The molecule has 0 spiro atoms. The van der Waals surface area contributed by atoms with Crippen molar-refractivity contribution in [2.45, 2.75) is 18.8 Å². The lowest BCUT2D eigenvalue weighted by Gasteiger charge is -2.18. The highest BCUT2D eigenvalue weighted by Gasteiger charge is 2.18. The van der Waals surface area contributed by atoms with Crippen LogP contribution in [0.1, 0.15) is 22.6 Å². The minimum atomic E-state index is 0.542. The topological polar surface area (TPSA) is 38.0 Å². The Morgan fingerprint density at radius 2 is 1.95 bits per heavy atom. The van der Waals surface area contributed by atoms with Gasteiger partial charge in [-0.3, -0.25) is 0 Å². The molecular formula is C17H20N2. The zero-order valence-electron chi connectivity index (χ0n) is 11.1. The van der Waals surface area contributed by atoms with E-state index in [1.807, 2.05) is 6.07 Å². The summed E-state index contributed by atoms with van der Waals surface area (Å²) in [5.41, 5.74) is 11.1. The number of benzene rings is 2. The Bertz CT molecular complexity index is 548. The second-order valence-corrected chi connectivity index (χ2v) is 5.30. The highest BCUT2D eigenvalue weighted by Crippen LogP contribution is 2.27. The first kappa shape index (κ1) is 12.2. The maximum atomic E-state index is 5.91. The Kier molecular flexibility index (Phi) is 3.51. The lowest BCUT2D eigenvalue weighted by atomic mass is 9.88. The molecule has 19 heavy (non-hydrogen) atoms. The molecule has 2 aromatic carbocycles. The average Bonchev–Trinajstić information content (AvgIpc) is 2.62. The molecule has 1 heterocycles. The summed E-state index contributed by atoms with van der Waals surface area (Å²) in [6.45, 7) is 2.09. The van der Waals surface area contributed by atoms with Gasteiger partial charge in [-0.2, -0.15) is 0 Å². The predicted molar refractivity (Wildman–Crippen MR) is 80.3 cm³/mol. The summed E-state index contributed by atoms with van der Waals surface area (Å²) in [7, 11) is 0. The normalized spacial score (nSPS) is 18.6. The third-order valence-corrected chi connectivity index (χ3v) is 3.89. The Balaban J connectivity index is 1.90. The van der Waals surface area contributed by atoms with Crippen molar-refractivity contribution in [2.24, 2.45) is 0 Å². The van der Waals surface area contributed by atoms with Crippen LogP contribution >= 0.6 is 0 Å². The van der Waals surface area contributed by atoms with Crippen molar-refractivity contribution in [3.8, 4) is 0 Å². The van der Waals surface area contributed by atoms with Crippen molar-refractivity contribution >= 4 is 5.69 Å². The molecule has 0 aliphatic carbocycles. The van der Waals surface area contributed by atoms with Crippen LogP contribution in [0, 0.1) is 0 Å². The summed E-state index contributed by atoms with van der Waals surface area (Å²) in [6.07, 6.45) is 2.16. The molecule has 0 bridgehead atoms. The van der Waals surface area contributed by atoms with Crippen LogP contribution in [0.15, 0.2) is 48.5 Å². The van der Waals surface area contributed by atoms with Gasteiger partial charge in [-0.1, -0.05) is 36.4 Å². The van der Waals surface area contributed by atoms with E-state index >= 15 is 0 Å². The lowest BCUT2D eigenvalue weighted by molar-refractivity contribution is 0.606.